The zero-order valence-electron chi connectivity index (χ0n) is 8.65. The summed E-state index contributed by atoms with van der Waals surface area (Å²) in [5.74, 6) is 0. The highest BCUT2D eigenvalue weighted by Crippen LogP contribution is 2.23. The van der Waals surface area contributed by atoms with E-state index in [1.807, 2.05) is 12.1 Å². The first-order valence-electron chi connectivity index (χ1n) is 5.22. The van der Waals surface area contributed by atoms with E-state index in [9.17, 15) is 0 Å². The van der Waals surface area contributed by atoms with E-state index < -0.39 is 0 Å². The predicted octanol–water partition coefficient (Wildman–Crippen LogP) is 4.28. The van der Waals surface area contributed by atoms with Gasteiger partial charge in [-0.05, 0) is 17.7 Å². The minimum atomic E-state index is 0.843. The Balaban J connectivity index is 2.46. The Kier molecular flexibility index (Phi) is 2.37. The number of hydrogen-bond donors (Lipinski definition) is 0. The smallest absolute Gasteiger partial charge is 0.0750 e. The molecule has 3 rings (SSSR count). The first-order chi connectivity index (χ1) is 7.88. The molecule has 1 heterocycles. The largest absolute Gasteiger partial charge is 0.247 e. The van der Waals surface area contributed by atoms with E-state index in [-0.39, 0.29) is 0 Å². The minimum Gasteiger partial charge on any atom is -0.247 e. The van der Waals surface area contributed by atoms with Crippen LogP contribution in [0.15, 0.2) is 48.5 Å². The lowest BCUT2D eigenvalue weighted by atomic mass is 10.1. The number of fused-ring (bicyclic) bond motifs is 2. The fourth-order valence-corrected chi connectivity index (χ4v) is 2.42. The maximum absolute atomic E-state index is 4.72. The van der Waals surface area contributed by atoms with E-state index in [1.54, 1.807) is 0 Å². The Morgan fingerprint density at radius 3 is 2.62 bits per heavy atom. The van der Waals surface area contributed by atoms with E-state index in [0.29, 0.717) is 0 Å². The van der Waals surface area contributed by atoms with Gasteiger partial charge in [-0.2, -0.15) is 0 Å². The Morgan fingerprint density at radius 1 is 0.938 bits per heavy atom. The van der Waals surface area contributed by atoms with Crippen LogP contribution in [0.5, 0.6) is 0 Å². The van der Waals surface area contributed by atoms with Gasteiger partial charge >= 0.3 is 0 Å². The van der Waals surface area contributed by atoms with Gasteiger partial charge in [0, 0.05) is 16.1 Å². The average Bonchev–Trinajstić information content (AvgIpc) is 2.35. The molecule has 0 bridgehead atoms. The second kappa shape index (κ2) is 3.87. The molecule has 0 saturated heterocycles. The molecule has 0 N–H and O–H groups in total. The van der Waals surface area contributed by atoms with Crippen LogP contribution in [0.4, 0.5) is 0 Å². The van der Waals surface area contributed by atoms with Crippen molar-refractivity contribution in [2.75, 3.05) is 0 Å². The maximum atomic E-state index is 4.72. The lowest BCUT2D eigenvalue weighted by Gasteiger charge is -2.04. The van der Waals surface area contributed by atoms with Gasteiger partial charge in [-0.25, -0.2) is 4.98 Å². The van der Waals surface area contributed by atoms with E-state index in [0.717, 1.165) is 16.4 Å². The number of aromatic nitrogens is 1. The highest BCUT2D eigenvalue weighted by Gasteiger charge is 2.02. The van der Waals surface area contributed by atoms with Crippen LogP contribution in [0.2, 0.25) is 0 Å². The summed E-state index contributed by atoms with van der Waals surface area (Å²) in [5.41, 5.74) is 3.39. The molecule has 2 heteroatoms. The van der Waals surface area contributed by atoms with Crippen molar-refractivity contribution >= 4 is 37.7 Å². The van der Waals surface area contributed by atoms with Crippen molar-refractivity contribution in [1.29, 1.82) is 0 Å². The van der Waals surface area contributed by atoms with Gasteiger partial charge in [-0.15, -0.1) is 0 Å². The van der Waals surface area contributed by atoms with Crippen molar-refractivity contribution in [2.45, 2.75) is 5.33 Å². The average molecular weight is 272 g/mol. The quantitative estimate of drug-likeness (QED) is 0.476. The van der Waals surface area contributed by atoms with Crippen molar-refractivity contribution in [3.63, 3.8) is 0 Å². The number of para-hydroxylation sites is 2. The fourth-order valence-electron chi connectivity index (χ4n) is 1.97. The van der Waals surface area contributed by atoms with Crippen LogP contribution in [-0.4, -0.2) is 4.98 Å². The summed E-state index contributed by atoms with van der Waals surface area (Å²) < 4.78 is 0. The highest BCUT2D eigenvalue weighted by molar-refractivity contribution is 9.08. The molecule has 0 atom stereocenters. The second-order valence-corrected chi connectivity index (χ2v) is 4.36. The molecular formula is C14H10BrN. The zero-order chi connectivity index (χ0) is 11.0. The van der Waals surface area contributed by atoms with Crippen molar-refractivity contribution in [1.82, 2.24) is 4.98 Å². The van der Waals surface area contributed by atoms with Gasteiger partial charge in [0.2, 0.25) is 0 Å². The van der Waals surface area contributed by atoms with Gasteiger partial charge in [0.15, 0.2) is 0 Å². The summed E-state index contributed by atoms with van der Waals surface area (Å²) in [6.07, 6.45) is 0. The lowest BCUT2D eigenvalue weighted by molar-refractivity contribution is 1.40. The molecule has 0 radical (unpaired) electrons. The molecule has 0 aliphatic rings. The van der Waals surface area contributed by atoms with Crippen LogP contribution >= 0.6 is 15.9 Å². The number of benzene rings is 2. The minimum absolute atomic E-state index is 0.843. The summed E-state index contributed by atoms with van der Waals surface area (Å²) in [7, 11) is 0. The fraction of sp³-hybridized carbons (Fsp3) is 0.0714. The monoisotopic (exact) mass is 271 g/mol. The SMILES string of the molecule is BrCc1cccc2cc3ccccc3nc12. The summed E-state index contributed by atoms with van der Waals surface area (Å²) in [6, 6.07) is 16.7. The topological polar surface area (TPSA) is 12.9 Å². The molecule has 1 nitrogen and oxygen atoms in total. The van der Waals surface area contributed by atoms with Gasteiger partial charge < -0.3 is 0 Å². The molecule has 16 heavy (non-hydrogen) atoms. The Hall–Kier alpha value is -1.41. The summed E-state index contributed by atoms with van der Waals surface area (Å²) >= 11 is 3.50. The molecule has 78 valence electrons. The highest BCUT2D eigenvalue weighted by atomic mass is 79.9. The molecule has 0 aliphatic heterocycles. The van der Waals surface area contributed by atoms with Gasteiger partial charge in [0.05, 0.1) is 11.0 Å². The second-order valence-electron chi connectivity index (χ2n) is 3.80. The van der Waals surface area contributed by atoms with Crippen LogP contribution in [-0.2, 0) is 5.33 Å². The molecule has 0 saturated carbocycles. The molecule has 0 unspecified atom stereocenters. The third kappa shape index (κ3) is 1.50. The van der Waals surface area contributed by atoms with Crippen molar-refractivity contribution < 1.29 is 0 Å². The normalized spacial score (nSPS) is 11.1. The molecule has 1 aromatic heterocycles. The number of pyridine rings is 1. The molecular weight excluding hydrogens is 262 g/mol. The van der Waals surface area contributed by atoms with Crippen molar-refractivity contribution in [3.8, 4) is 0 Å². The van der Waals surface area contributed by atoms with Crippen molar-refractivity contribution in [3.05, 3.63) is 54.1 Å². The number of nitrogens with zero attached hydrogens (tertiary/aromatic N) is 1. The number of rotatable bonds is 1. The van der Waals surface area contributed by atoms with Gasteiger partial charge in [0.1, 0.15) is 0 Å². The van der Waals surface area contributed by atoms with Crippen LogP contribution in [0.3, 0.4) is 0 Å². The molecule has 2 aromatic carbocycles. The molecule has 0 aliphatic carbocycles. The van der Waals surface area contributed by atoms with Gasteiger partial charge in [-0.3, -0.25) is 0 Å². The van der Waals surface area contributed by atoms with E-state index in [4.69, 9.17) is 4.98 Å². The van der Waals surface area contributed by atoms with Crippen LogP contribution in [0.1, 0.15) is 5.56 Å². The third-order valence-corrected chi connectivity index (χ3v) is 3.38. The summed E-state index contributed by atoms with van der Waals surface area (Å²) in [4.78, 5) is 4.72. The van der Waals surface area contributed by atoms with E-state index in [2.05, 4.69) is 52.3 Å². The van der Waals surface area contributed by atoms with Gasteiger partial charge in [-0.1, -0.05) is 52.3 Å². The molecule has 0 spiro atoms. The van der Waals surface area contributed by atoms with E-state index >= 15 is 0 Å². The molecule has 0 amide bonds. The predicted molar refractivity (Wildman–Crippen MR) is 71.9 cm³/mol. The van der Waals surface area contributed by atoms with Crippen LogP contribution in [0, 0.1) is 0 Å². The van der Waals surface area contributed by atoms with Crippen LogP contribution in [0.25, 0.3) is 21.8 Å². The van der Waals surface area contributed by atoms with Crippen molar-refractivity contribution in [2.24, 2.45) is 0 Å². The number of halogens is 1. The lowest BCUT2D eigenvalue weighted by Crippen LogP contribution is -1.87. The van der Waals surface area contributed by atoms with E-state index in [1.165, 1.54) is 16.3 Å². The zero-order valence-corrected chi connectivity index (χ0v) is 10.2. The Morgan fingerprint density at radius 2 is 1.75 bits per heavy atom. The standard InChI is InChI=1S/C14H10BrN/c15-9-12-6-3-5-11-8-10-4-1-2-7-13(10)16-14(11)12/h1-8H,9H2. The Labute approximate surface area is 102 Å². The maximum Gasteiger partial charge on any atom is 0.0750 e. The number of hydrogen-bond acceptors (Lipinski definition) is 1. The first kappa shape index (κ1) is 9.79. The summed E-state index contributed by atoms with van der Waals surface area (Å²) in [6.45, 7) is 0. The molecule has 0 fully saturated rings. The Bertz CT molecular complexity index is 661. The molecule has 3 aromatic rings. The summed E-state index contributed by atoms with van der Waals surface area (Å²) in [5, 5.41) is 3.24. The third-order valence-electron chi connectivity index (χ3n) is 2.77. The number of alkyl halides is 1. The first-order valence-corrected chi connectivity index (χ1v) is 6.34. The van der Waals surface area contributed by atoms with Crippen LogP contribution < -0.4 is 0 Å². The van der Waals surface area contributed by atoms with Gasteiger partial charge in [0.25, 0.3) is 0 Å².